The van der Waals surface area contributed by atoms with Crippen LogP contribution in [0.15, 0.2) is 71.6 Å². The first kappa shape index (κ1) is 20.0. The van der Waals surface area contributed by atoms with Gasteiger partial charge in [0.25, 0.3) is 0 Å². The van der Waals surface area contributed by atoms with E-state index in [1.165, 1.54) is 12.1 Å². The second-order valence-corrected chi connectivity index (χ2v) is 9.47. The van der Waals surface area contributed by atoms with Gasteiger partial charge >= 0.3 is 0 Å². The largest absolute Gasteiger partial charge is 0.326 e. The van der Waals surface area contributed by atoms with Gasteiger partial charge in [0, 0.05) is 11.2 Å². The number of amides is 1. The molecule has 1 amide bonds. The smallest absolute Gasteiger partial charge is 0.241 e. The molecule has 0 bridgehead atoms. The van der Waals surface area contributed by atoms with E-state index in [1.807, 2.05) is 42.5 Å². The van der Waals surface area contributed by atoms with Crippen LogP contribution in [0.3, 0.4) is 0 Å². The van der Waals surface area contributed by atoms with Crippen LogP contribution in [0.4, 0.5) is 5.69 Å². The van der Waals surface area contributed by atoms with Gasteiger partial charge in [-0.3, -0.25) is 4.79 Å². The number of rotatable bonds is 5. The number of fused-ring (bicyclic) bond motifs is 1. The molecule has 0 fully saturated rings. The zero-order valence-electron chi connectivity index (χ0n) is 16.2. The van der Waals surface area contributed by atoms with Crippen LogP contribution in [0, 0.1) is 0 Å². The second kappa shape index (κ2) is 7.73. The SMILES string of the molecule is CC(C)(C)NS(=O)(=O)c1cccc(NC(=O)Cc2ccc3ccccc3c2)c1. The van der Waals surface area contributed by atoms with Crippen molar-refractivity contribution in [1.82, 2.24) is 4.72 Å². The minimum Gasteiger partial charge on any atom is -0.326 e. The highest BCUT2D eigenvalue weighted by Crippen LogP contribution is 2.19. The van der Waals surface area contributed by atoms with Gasteiger partial charge in [-0.25, -0.2) is 13.1 Å². The fourth-order valence-electron chi connectivity index (χ4n) is 2.94. The predicted molar refractivity (Wildman–Crippen MR) is 113 cm³/mol. The van der Waals surface area contributed by atoms with Gasteiger partial charge in [-0.1, -0.05) is 48.5 Å². The van der Waals surface area contributed by atoms with Crippen molar-refractivity contribution in [3.8, 4) is 0 Å². The molecule has 146 valence electrons. The molecular weight excluding hydrogens is 372 g/mol. The van der Waals surface area contributed by atoms with Crippen molar-refractivity contribution in [1.29, 1.82) is 0 Å². The zero-order valence-corrected chi connectivity index (χ0v) is 17.0. The van der Waals surface area contributed by atoms with E-state index < -0.39 is 15.6 Å². The summed E-state index contributed by atoms with van der Waals surface area (Å²) in [6.07, 6.45) is 0.210. The van der Waals surface area contributed by atoms with Gasteiger partial charge in [0.2, 0.25) is 15.9 Å². The highest BCUT2D eigenvalue weighted by atomic mass is 32.2. The summed E-state index contributed by atoms with van der Waals surface area (Å²) < 4.78 is 27.6. The summed E-state index contributed by atoms with van der Waals surface area (Å²) in [5.74, 6) is -0.200. The Balaban J connectivity index is 1.73. The summed E-state index contributed by atoms with van der Waals surface area (Å²) >= 11 is 0. The second-order valence-electron chi connectivity index (χ2n) is 7.79. The lowest BCUT2D eigenvalue weighted by Gasteiger charge is -2.20. The molecule has 6 heteroatoms. The fourth-order valence-corrected chi connectivity index (χ4v) is 4.41. The molecular formula is C22H24N2O3S. The highest BCUT2D eigenvalue weighted by molar-refractivity contribution is 7.89. The Hall–Kier alpha value is -2.70. The van der Waals surface area contributed by atoms with Crippen molar-refractivity contribution >= 4 is 32.4 Å². The molecule has 0 aromatic heterocycles. The van der Waals surface area contributed by atoms with E-state index in [9.17, 15) is 13.2 Å². The van der Waals surface area contributed by atoms with Gasteiger partial charge in [0.1, 0.15) is 0 Å². The third-order valence-corrected chi connectivity index (χ3v) is 5.80. The third-order valence-electron chi connectivity index (χ3n) is 4.05. The first-order chi connectivity index (χ1) is 13.1. The normalized spacial score (nSPS) is 12.1. The summed E-state index contributed by atoms with van der Waals surface area (Å²) in [4.78, 5) is 12.5. The maximum Gasteiger partial charge on any atom is 0.241 e. The first-order valence-electron chi connectivity index (χ1n) is 9.04. The molecule has 0 atom stereocenters. The number of benzene rings is 3. The van der Waals surface area contributed by atoms with E-state index >= 15 is 0 Å². The molecule has 0 radical (unpaired) electrons. The van der Waals surface area contributed by atoms with Crippen LogP contribution in [-0.2, 0) is 21.2 Å². The number of carbonyl (C=O) groups excluding carboxylic acids is 1. The molecule has 5 nitrogen and oxygen atoms in total. The molecule has 0 saturated carbocycles. The monoisotopic (exact) mass is 396 g/mol. The minimum atomic E-state index is -3.66. The molecule has 3 rings (SSSR count). The number of nitrogens with one attached hydrogen (secondary N) is 2. The number of hydrogen-bond acceptors (Lipinski definition) is 3. The van der Waals surface area contributed by atoms with Gasteiger partial charge in [0.15, 0.2) is 0 Å². The molecule has 0 saturated heterocycles. The Bertz CT molecular complexity index is 1120. The summed E-state index contributed by atoms with van der Waals surface area (Å²) in [6.45, 7) is 5.33. The van der Waals surface area contributed by atoms with E-state index in [0.29, 0.717) is 5.69 Å². The fraction of sp³-hybridized carbons (Fsp3) is 0.227. The lowest BCUT2D eigenvalue weighted by molar-refractivity contribution is -0.115. The Labute approximate surface area is 165 Å². The van der Waals surface area contributed by atoms with Crippen molar-refractivity contribution in [3.05, 3.63) is 72.3 Å². The van der Waals surface area contributed by atoms with Crippen molar-refractivity contribution in [2.45, 2.75) is 37.6 Å². The van der Waals surface area contributed by atoms with Crippen LogP contribution < -0.4 is 10.0 Å². The zero-order chi connectivity index (χ0) is 20.4. The van der Waals surface area contributed by atoms with E-state index in [1.54, 1.807) is 32.9 Å². The van der Waals surface area contributed by atoms with Crippen molar-refractivity contribution in [2.24, 2.45) is 0 Å². The van der Waals surface area contributed by atoms with Gasteiger partial charge in [-0.2, -0.15) is 0 Å². The number of carbonyl (C=O) groups is 1. The summed E-state index contributed by atoms with van der Waals surface area (Å²) in [5, 5.41) is 4.98. The Morgan fingerprint density at radius 3 is 2.32 bits per heavy atom. The van der Waals surface area contributed by atoms with Crippen LogP contribution in [0.5, 0.6) is 0 Å². The topological polar surface area (TPSA) is 75.3 Å². The lowest BCUT2D eigenvalue weighted by Crippen LogP contribution is -2.40. The molecule has 0 unspecified atom stereocenters. The van der Waals surface area contributed by atoms with Crippen LogP contribution >= 0.6 is 0 Å². The van der Waals surface area contributed by atoms with Crippen molar-refractivity contribution < 1.29 is 13.2 Å². The van der Waals surface area contributed by atoms with Crippen LogP contribution in [0.2, 0.25) is 0 Å². The number of hydrogen-bond donors (Lipinski definition) is 2. The van der Waals surface area contributed by atoms with E-state index in [-0.39, 0.29) is 17.2 Å². The van der Waals surface area contributed by atoms with Gasteiger partial charge < -0.3 is 5.32 Å². The van der Waals surface area contributed by atoms with E-state index in [2.05, 4.69) is 10.0 Å². The van der Waals surface area contributed by atoms with E-state index in [4.69, 9.17) is 0 Å². The standard InChI is InChI=1S/C22H24N2O3S/c1-22(2,3)24-28(26,27)20-10-6-9-19(15-20)23-21(25)14-16-11-12-17-7-4-5-8-18(17)13-16/h4-13,15,24H,14H2,1-3H3,(H,23,25). The van der Waals surface area contributed by atoms with Crippen LogP contribution in [-0.4, -0.2) is 19.9 Å². The molecule has 0 spiro atoms. The summed E-state index contributed by atoms with van der Waals surface area (Å²) in [6, 6.07) is 20.1. The maximum absolute atomic E-state index is 12.5. The third kappa shape index (κ3) is 5.18. The Morgan fingerprint density at radius 2 is 1.61 bits per heavy atom. The maximum atomic E-state index is 12.5. The Morgan fingerprint density at radius 1 is 0.893 bits per heavy atom. The average molecular weight is 397 g/mol. The van der Waals surface area contributed by atoms with Crippen molar-refractivity contribution in [3.63, 3.8) is 0 Å². The molecule has 0 aliphatic rings. The van der Waals surface area contributed by atoms with E-state index in [0.717, 1.165) is 16.3 Å². The first-order valence-corrected chi connectivity index (χ1v) is 10.5. The minimum absolute atomic E-state index is 0.117. The summed E-state index contributed by atoms with van der Waals surface area (Å²) in [5.41, 5.74) is 0.755. The molecule has 3 aromatic rings. The van der Waals surface area contributed by atoms with Crippen LogP contribution in [0.1, 0.15) is 26.3 Å². The molecule has 3 aromatic carbocycles. The lowest BCUT2D eigenvalue weighted by atomic mass is 10.0. The number of sulfonamides is 1. The predicted octanol–water partition coefficient (Wildman–Crippen LogP) is 4.10. The van der Waals surface area contributed by atoms with Gasteiger partial charge in [0.05, 0.1) is 11.3 Å². The molecule has 2 N–H and O–H groups in total. The molecule has 0 aliphatic heterocycles. The average Bonchev–Trinajstić information content (AvgIpc) is 2.60. The number of anilines is 1. The van der Waals surface area contributed by atoms with Gasteiger partial charge in [-0.05, 0) is 55.3 Å². The molecule has 0 aliphatic carbocycles. The highest BCUT2D eigenvalue weighted by Gasteiger charge is 2.22. The Kier molecular flexibility index (Phi) is 5.54. The molecule has 28 heavy (non-hydrogen) atoms. The molecule has 0 heterocycles. The van der Waals surface area contributed by atoms with Crippen LogP contribution in [0.25, 0.3) is 10.8 Å². The van der Waals surface area contributed by atoms with Crippen molar-refractivity contribution in [2.75, 3.05) is 5.32 Å². The van der Waals surface area contributed by atoms with Gasteiger partial charge in [-0.15, -0.1) is 0 Å². The summed E-state index contributed by atoms with van der Waals surface area (Å²) in [7, 11) is -3.66. The quantitative estimate of drug-likeness (QED) is 0.682.